The maximum absolute atomic E-state index is 5.80. The molecule has 0 saturated carbocycles. The van der Waals surface area contributed by atoms with E-state index in [0.717, 1.165) is 33.4 Å². The number of fused-ring (bicyclic) bond motifs is 1. The molecule has 0 radical (unpaired) electrons. The van der Waals surface area contributed by atoms with Gasteiger partial charge in [-0.25, -0.2) is 9.97 Å². The van der Waals surface area contributed by atoms with Gasteiger partial charge in [0, 0.05) is 17.6 Å². The summed E-state index contributed by atoms with van der Waals surface area (Å²) in [5, 5.41) is 1.05. The Morgan fingerprint density at radius 3 is 3.00 bits per heavy atom. The van der Waals surface area contributed by atoms with Crippen molar-refractivity contribution in [2.45, 2.75) is 26.3 Å². The van der Waals surface area contributed by atoms with Crippen molar-refractivity contribution < 1.29 is 0 Å². The lowest BCUT2D eigenvalue weighted by molar-refractivity contribution is 0.739. The van der Waals surface area contributed by atoms with Gasteiger partial charge >= 0.3 is 0 Å². The predicted molar refractivity (Wildman–Crippen MR) is 63.7 cm³/mol. The third-order valence-electron chi connectivity index (χ3n) is 2.25. The Kier molecular flexibility index (Phi) is 2.75. The Morgan fingerprint density at radius 2 is 2.33 bits per heavy atom. The molecule has 0 amide bonds. The van der Waals surface area contributed by atoms with Gasteiger partial charge in [0.25, 0.3) is 0 Å². The number of H-pyrrole nitrogens is 1. The Labute approximate surface area is 96.4 Å². The molecular formula is C10H13BrN4. The lowest BCUT2D eigenvalue weighted by Crippen LogP contribution is -2.17. The number of hydrogen-bond acceptors (Lipinski definition) is 3. The predicted octanol–water partition coefficient (Wildman–Crippen LogP) is 1.92. The van der Waals surface area contributed by atoms with Crippen molar-refractivity contribution in [1.82, 2.24) is 15.0 Å². The van der Waals surface area contributed by atoms with E-state index in [-0.39, 0.29) is 6.04 Å². The highest BCUT2D eigenvalue weighted by Crippen LogP contribution is 2.25. The van der Waals surface area contributed by atoms with Gasteiger partial charge in [0.15, 0.2) is 0 Å². The van der Waals surface area contributed by atoms with Crippen molar-refractivity contribution >= 4 is 27.0 Å². The van der Waals surface area contributed by atoms with Crippen LogP contribution in [0.5, 0.6) is 0 Å². The lowest BCUT2D eigenvalue weighted by atomic mass is 10.1. The summed E-state index contributed by atoms with van der Waals surface area (Å²) >= 11 is 3.48. The number of aryl methyl sites for hydroxylation is 1. The Morgan fingerprint density at radius 1 is 1.60 bits per heavy atom. The highest BCUT2D eigenvalue weighted by molar-refractivity contribution is 9.10. The molecule has 4 nitrogen and oxygen atoms in total. The number of nitrogens with zero attached hydrogens (tertiary/aromatic N) is 2. The number of aromatic nitrogens is 3. The van der Waals surface area contributed by atoms with Crippen molar-refractivity contribution in [3.05, 3.63) is 22.2 Å². The molecular weight excluding hydrogens is 256 g/mol. The first kappa shape index (κ1) is 10.6. The van der Waals surface area contributed by atoms with Crippen LogP contribution in [0.1, 0.15) is 18.3 Å². The van der Waals surface area contributed by atoms with E-state index in [4.69, 9.17) is 5.73 Å². The van der Waals surface area contributed by atoms with Crippen molar-refractivity contribution in [3.8, 4) is 0 Å². The van der Waals surface area contributed by atoms with Gasteiger partial charge in [-0.2, -0.15) is 0 Å². The van der Waals surface area contributed by atoms with Crippen LogP contribution < -0.4 is 5.73 Å². The third kappa shape index (κ3) is 2.03. The molecule has 0 bridgehead atoms. The van der Waals surface area contributed by atoms with Crippen LogP contribution >= 0.6 is 15.9 Å². The topological polar surface area (TPSA) is 67.6 Å². The van der Waals surface area contributed by atoms with E-state index < -0.39 is 0 Å². The van der Waals surface area contributed by atoms with Gasteiger partial charge in [-0.15, -0.1) is 0 Å². The molecule has 2 aromatic heterocycles. The van der Waals surface area contributed by atoms with Crippen LogP contribution in [0.2, 0.25) is 0 Å². The smallest absolute Gasteiger partial charge is 0.142 e. The van der Waals surface area contributed by atoms with Gasteiger partial charge in [-0.3, -0.25) is 0 Å². The molecule has 0 saturated heterocycles. The van der Waals surface area contributed by atoms with Crippen molar-refractivity contribution in [3.63, 3.8) is 0 Å². The summed E-state index contributed by atoms with van der Waals surface area (Å²) in [5.74, 6) is 0.767. The van der Waals surface area contributed by atoms with Crippen molar-refractivity contribution in [2.24, 2.45) is 5.73 Å². The fourth-order valence-corrected chi connectivity index (χ4v) is 2.17. The lowest BCUT2D eigenvalue weighted by Gasteiger charge is -2.03. The average molecular weight is 269 g/mol. The largest absolute Gasteiger partial charge is 0.334 e. The van der Waals surface area contributed by atoms with Gasteiger partial charge in [-0.1, -0.05) is 0 Å². The molecule has 2 aromatic rings. The van der Waals surface area contributed by atoms with E-state index in [1.807, 2.05) is 20.0 Å². The molecule has 2 rings (SSSR count). The van der Waals surface area contributed by atoms with Crippen LogP contribution in [0.3, 0.4) is 0 Å². The Balaban J connectivity index is 2.58. The molecule has 1 unspecified atom stereocenters. The molecule has 80 valence electrons. The van der Waals surface area contributed by atoms with E-state index in [0.29, 0.717) is 0 Å². The summed E-state index contributed by atoms with van der Waals surface area (Å²) in [6, 6.07) is 0.126. The number of nitrogens with one attached hydrogen (secondary N) is 1. The quantitative estimate of drug-likeness (QED) is 0.875. The summed E-state index contributed by atoms with van der Waals surface area (Å²) < 4.78 is 0.953. The molecule has 0 fully saturated rings. The molecule has 0 aliphatic carbocycles. The maximum atomic E-state index is 5.80. The first-order valence-electron chi connectivity index (χ1n) is 4.83. The van der Waals surface area contributed by atoms with Crippen LogP contribution in [-0.4, -0.2) is 21.0 Å². The fraction of sp³-hybridized carbons (Fsp3) is 0.400. The summed E-state index contributed by atoms with van der Waals surface area (Å²) in [6.45, 7) is 3.86. The van der Waals surface area contributed by atoms with Gasteiger partial charge in [0.2, 0.25) is 0 Å². The molecule has 0 spiro atoms. The van der Waals surface area contributed by atoms with Gasteiger partial charge < -0.3 is 10.7 Å². The molecule has 3 N–H and O–H groups in total. The minimum absolute atomic E-state index is 0.126. The van der Waals surface area contributed by atoms with Crippen LogP contribution in [0.15, 0.2) is 10.8 Å². The minimum atomic E-state index is 0.126. The zero-order valence-corrected chi connectivity index (χ0v) is 10.3. The van der Waals surface area contributed by atoms with Crippen LogP contribution in [0.25, 0.3) is 11.0 Å². The number of aromatic amines is 1. The number of halogens is 1. The second kappa shape index (κ2) is 3.90. The van der Waals surface area contributed by atoms with Gasteiger partial charge in [-0.05, 0) is 41.8 Å². The second-order valence-corrected chi connectivity index (χ2v) is 4.57. The summed E-state index contributed by atoms with van der Waals surface area (Å²) in [4.78, 5) is 11.7. The third-order valence-corrected chi connectivity index (χ3v) is 2.93. The second-order valence-electron chi connectivity index (χ2n) is 3.78. The van der Waals surface area contributed by atoms with E-state index in [2.05, 4.69) is 30.9 Å². The molecule has 1 atom stereocenters. The molecule has 0 aromatic carbocycles. The number of rotatable bonds is 2. The van der Waals surface area contributed by atoms with Crippen LogP contribution in [0, 0.1) is 6.92 Å². The number of nitrogens with two attached hydrogens (primary N) is 1. The molecule has 0 aliphatic rings. The van der Waals surface area contributed by atoms with Crippen molar-refractivity contribution in [1.29, 1.82) is 0 Å². The summed E-state index contributed by atoms with van der Waals surface area (Å²) in [5.41, 5.74) is 7.82. The van der Waals surface area contributed by atoms with E-state index in [1.54, 1.807) is 0 Å². The van der Waals surface area contributed by atoms with Crippen molar-refractivity contribution in [2.75, 3.05) is 0 Å². The fourth-order valence-electron chi connectivity index (χ4n) is 1.61. The van der Waals surface area contributed by atoms with Gasteiger partial charge in [0.1, 0.15) is 11.5 Å². The zero-order chi connectivity index (χ0) is 11.0. The number of hydrogen-bond donors (Lipinski definition) is 2. The Hall–Kier alpha value is -0.940. The standard InChI is InChI=1S/C10H13BrN4/c1-5(12)3-7-8-4-13-6(2)14-10(8)15-9(7)11/h4-5H,3,12H2,1-2H3,(H,13,14,15). The van der Waals surface area contributed by atoms with E-state index in [9.17, 15) is 0 Å². The van der Waals surface area contributed by atoms with Crippen LogP contribution in [-0.2, 0) is 6.42 Å². The van der Waals surface area contributed by atoms with E-state index >= 15 is 0 Å². The SMILES string of the molecule is Cc1ncc2c(CC(C)N)c(Br)[nH]c2n1. The zero-order valence-electron chi connectivity index (χ0n) is 8.71. The normalized spacial score (nSPS) is 13.3. The average Bonchev–Trinajstić information content (AvgIpc) is 2.41. The monoisotopic (exact) mass is 268 g/mol. The van der Waals surface area contributed by atoms with Crippen LogP contribution in [0.4, 0.5) is 0 Å². The summed E-state index contributed by atoms with van der Waals surface area (Å²) in [7, 11) is 0. The molecule has 5 heteroatoms. The first-order chi connectivity index (χ1) is 7.08. The highest BCUT2D eigenvalue weighted by atomic mass is 79.9. The molecule has 2 heterocycles. The maximum Gasteiger partial charge on any atom is 0.142 e. The molecule has 15 heavy (non-hydrogen) atoms. The first-order valence-corrected chi connectivity index (χ1v) is 5.62. The van der Waals surface area contributed by atoms with Gasteiger partial charge in [0.05, 0.1) is 4.60 Å². The van der Waals surface area contributed by atoms with E-state index in [1.165, 1.54) is 0 Å². The Bertz CT molecular complexity index is 489. The minimum Gasteiger partial charge on any atom is -0.334 e. The highest BCUT2D eigenvalue weighted by Gasteiger charge is 2.12. The molecule has 0 aliphatic heterocycles. The summed E-state index contributed by atoms with van der Waals surface area (Å²) in [6.07, 6.45) is 2.66.